The zero-order valence-electron chi connectivity index (χ0n) is 11.3. The van der Waals surface area contributed by atoms with Crippen molar-refractivity contribution in [3.8, 4) is 0 Å². The van der Waals surface area contributed by atoms with Crippen LogP contribution in [0.3, 0.4) is 0 Å². The van der Waals surface area contributed by atoms with E-state index in [0.29, 0.717) is 29.6 Å². The van der Waals surface area contributed by atoms with E-state index >= 15 is 0 Å². The summed E-state index contributed by atoms with van der Waals surface area (Å²) in [6.45, 7) is 6.38. The third kappa shape index (κ3) is 1.60. The first-order valence-electron chi connectivity index (χ1n) is 7.26. The van der Waals surface area contributed by atoms with Crippen molar-refractivity contribution >= 4 is 0 Å². The van der Waals surface area contributed by atoms with Gasteiger partial charge in [-0.3, -0.25) is 0 Å². The number of hydrogen-bond donors (Lipinski definition) is 2. The van der Waals surface area contributed by atoms with Crippen LogP contribution in [-0.2, 0) is 0 Å². The summed E-state index contributed by atoms with van der Waals surface area (Å²) in [6.07, 6.45) is 5.37. The van der Waals surface area contributed by atoms with Gasteiger partial charge in [-0.25, -0.2) is 0 Å². The van der Waals surface area contributed by atoms with E-state index in [0.717, 1.165) is 32.1 Å². The Hall–Kier alpha value is -0.0800. The van der Waals surface area contributed by atoms with Crippen LogP contribution in [0.5, 0.6) is 0 Å². The molecule has 4 bridgehead atoms. The van der Waals surface area contributed by atoms with Gasteiger partial charge in [0.05, 0.1) is 11.2 Å². The molecule has 0 amide bonds. The summed E-state index contributed by atoms with van der Waals surface area (Å²) >= 11 is 0. The van der Waals surface area contributed by atoms with E-state index in [4.69, 9.17) is 0 Å². The van der Waals surface area contributed by atoms with Crippen molar-refractivity contribution in [3.63, 3.8) is 0 Å². The first-order valence-corrected chi connectivity index (χ1v) is 7.26. The quantitative estimate of drug-likeness (QED) is 0.681. The minimum absolute atomic E-state index is 0.397. The summed E-state index contributed by atoms with van der Waals surface area (Å²) in [7, 11) is 0. The molecule has 0 heterocycles. The lowest BCUT2D eigenvalue weighted by Crippen LogP contribution is -2.61. The van der Waals surface area contributed by atoms with Crippen LogP contribution in [0, 0.1) is 29.6 Å². The van der Waals surface area contributed by atoms with Crippen LogP contribution in [0.1, 0.15) is 52.9 Å². The second-order valence-electron chi connectivity index (χ2n) is 7.52. The van der Waals surface area contributed by atoms with Gasteiger partial charge >= 0.3 is 0 Å². The fourth-order valence-electron chi connectivity index (χ4n) is 5.06. The maximum Gasteiger partial charge on any atom is 0.0676 e. The Kier molecular flexibility index (Phi) is 2.45. The summed E-state index contributed by atoms with van der Waals surface area (Å²) in [5.41, 5.74) is -0.972. The molecule has 4 rings (SSSR count). The summed E-state index contributed by atoms with van der Waals surface area (Å²) in [5, 5.41) is 21.6. The van der Waals surface area contributed by atoms with Gasteiger partial charge in [-0.2, -0.15) is 0 Å². The van der Waals surface area contributed by atoms with Gasteiger partial charge in [0.1, 0.15) is 0 Å². The lowest BCUT2D eigenvalue weighted by atomic mass is 9.49. The molecule has 2 unspecified atom stereocenters. The van der Waals surface area contributed by atoms with Gasteiger partial charge in [-0.05, 0) is 75.5 Å². The molecular weight excluding hydrogens is 212 g/mol. The smallest absolute Gasteiger partial charge is 0.0676 e. The summed E-state index contributed by atoms with van der Waals surface area (Å²) in [4.78, 5) is 0. The highest BCUT2D eigenvalue weighted by Gasteiger charge is 2.57. The molecule has 0 saturated heterocycles. The fraction of sp³-hybridized carbons (Fsp3) is 1.00. The van der Waals surface area contributed by atoms with Gasteiger partial charge in [0.2, 0.25) is 0 Å². The topological polar surface area (TPSA) is 40.5 Å². The standard InChI is InChI=1S/C15H26O2/c1-9-4-10-6-13-8-12(14(10,2)16)7-11(5-9)15(13,3)17/h9-13,16-17H,4-8H2,1-3H3/t9?,10-,11-,12-,13+,14?,15-/m1/s1. The normalized spacial score (nSPS) is 62.3. The number of hydrogen-bond acceptors (Lipinski definition) is 2. The number of aliphatic hydroxyl groups is 2. The van der Waals surface area contributed by atoms with E-state index in [2.05, 4.69) is 6.92 Å². The van der Waals surface area contributed by atoms with Crippen molar-refractivity contribution in [1.29, 1.82) is 0 Å². The number of fused-ring (bicyclic) bond motifs is 2. The van der Waals surface area contributed by atoms with Crippen LogP contribution in [0.25, 0.3) is 0 Å². The van der Waals surface area contributed by atoms with Crippen molar-refractivity contribution < 1.29 is 10.2 Å². The molecule has 0 aromatic carbocycles. The molecule has 98 valence electrons. The molecule has 0 aromatic heterocycles. The molecule has 0 aliphatic heterocycles. The Bertz CT molecular complexity index is 291. The first kappa shape index (κ1) is 12.0. The average Bonchev–Trinajstić information content (AvgIpc) is 2.21. The highest BCUT2D eigenvalue weighted by molar-refractivity contribution is 5.08. The monoisotopic (exact) mass is 238 g/mol. The van der Waals surface area contributed by atoms with Crippen molar-refractivity contribution in [3.05, 3.63) is 0 Å². The zero-order chi connectivity index (χ0) is 12.4. The molecule has 0 radical (unpaired) electrons. The van der Waals surface area contributed by atoms with Gasteiger partial charge in [-0.1, -0.05) is 6.92 Å². The van der Waals surface area contributed by atoms with Crippen LogP contribution in [0.2, 0.25) is 0 Å². The molecule has 2 heteroatoms. The van der Waals surface area contributed by atoms with Gasteiger partial charge in [0.25, 0.3) is 0 Å². The largest absolute Gasteiger partial charge is 0.390 e. The van der Waals surface area contributed by atoms with E-state index in [1.165, 1.54) is 0 Å². The molecule has 0 aromatic rings. The molecule has 2 N–H and O–H groups in total. The predicted octanol–water partition coefficient (Wildman–Crippen LogP) is 2.58. The Morgan fingerprint density at radius 2 is 1.00 bits per heavy atom. The van der Waals surface area contributed by atoms with Crippen molar-refractivity contribution in [2.75, 3.05) is 0 Å². The van der Waals surface area contributed by atoms with Gasteiger partial charge in [0.15, 0.2) is 0 Å². The minimum Gasteiger partial charge on any atom is -0.390 e. The number of rotatable bonds is 0. The fourth-order valence-corrected chi connectivity index (χ4v) is 5.06. The van der Waals surface area contributed by atoms with Crippen LogP contribution in [0.4, 0.5) is 0 Å². The first-order chi connectivity index (χ1) is 7.81. The van der Waals surface area contributed by atoms with Crippen molar-refractivity contribution in [1.82, 2.24) is 0 Å². The highest BCUT2D eigenvalue weighted by Crippen LogP contribution is 2.58. The second kappa shape index (κ2) is 3.48. The van der Waals surface area contributed by atoms with Crippen LogP contribution < -0.4 is 0 Å². The Labute approximate surface area is 104 Å². The maximum absolute atomic E-state index is 10.8. The summed E-state index contributed by atoms with van der Waals surface area (Å²) in [5.74, 6) is 2.28. The molecule has 4 fully saturated rings. The molecule has 4 saturated carbocycles. The van der Waals surface area contributed by atoms with E-state index in [-0.39, 0.29) is 0 Å². The van der Waals surface area contributed by atoms with Gasteiger partial charge in [-0.15, -0.1) is 0 Å². The molecule has 7 atom stereocenters. The van der Waals surface area contributed by atoms with E-state index in [1.807, 2.05) is 13.8 Å². The van der Waals surface area contributed by atoms with E-state index in [9.17, 15) is 10.2 Å². The molecular formula is C15H26O2. The Balaban J connectivity index is 2.00. The maximum atomic E-state index is 10.8. The molecule has 2 nitrogen and oxygen atoms in total. The molecule has 4 aliphatic carbocycles. The molecule has 17 heavy (non-hydrogen) atoms. The van der Waals surface area contributed by atoms with Crippen LogP contribution >= 0.6 is 0 Å². The summed E-state index contributed by atoms with van der Waals surface area (Å²) < 4.78 is 0. The second-order valence-corrected chi connectivity index (χ2v) is 7.52. The average molecular weight is 238 g/mol. The Morgan fingerprint density at radius 1 is 0.706 bits per heavy atom. The third-order valence-corrected chi connectivity index (χ3v) is 6.39. The lowest BCUT2D eigenvalue weighted by molar-refractivity contribution is -0.204. The molecule has 0 spiro atoms. The zero-order valence-corrected chi connectivity index (χ0v) is 11.3. The van der Waals surface area contributed by atoms with E-state index < -0.39 is 11.2 Å². The van der Waals surface area contributed by atoms with Crippen LogP contribution in [-0.4, -0.2) is 21.4 Å². The third-order valence-electron chi connectivity index (χ3n) is 6.39. The molecule has 4 aliphatic rings. The van der Waals surface area contributed by atoms with Gasteiger partial charge < -0.3 is 10.2 Å². The van der Waals surface area contributed by atoms with Crippen LogP contribution in [0.15, 0.2) is 0 Å². The summed E-state index contributed by atoms with van der Waals surface area (Å²) in [6, 6.07) is 0. The van der Waals surface area contributed by atoms with Gasteiger partial charge in [0, 0.05) is 0 Å². The van der Waals surface area contributed by atoms with Crippen molar-refractivity contribution in [2.45, 2.75) is 64.1 Å². The predicted molar refractivity (Wildman–Crippen MR) is 67.5 cm³/mol. The Morgan fingerprint density at radius 3 is 1.35 bits per heavy atom. The highest BCUT2D eigenvalue weighted by atomic mass is 16.3. The van der Waals surface area contributed by atoms with E-state index in [1.54, 1.807) is 0 Å². The SMILES string of the molecule is CC1C[C@@H]2C[C@H]3C[C@@H](C[C@@H](C1)[C@@]3(C)O)C2(C)O. The van der Waals surface area contributed by atoms with Crippen molar-refractivity contribution in [2.24, 2.45) is 29.6 Å². The lowest BCUT2D eigenvalue weighted by Gasteiger charge is -2.59. The minimum atomic E-state index is -0.486.